The fourth-order valence-electron chi connectivity index (χ4n) is 3.67. The molecule has 0 spiro atoms. The maximum Gasteiger partial charge on any atom is 0.191 e. The summed E-state index contributed by atoms with van der Waals surface area (Å²) in [5.41, 5.74) is 2.59. The van der Waals surface area contributed by atoms with E-state index >= 15 is 0 Å². The number of hydrogen-bond acceptors (Lipinski definition) is 5. The Hall–Kier alpha value is -2.35. The van der Waals surface area contributed by atoms with Gasteiger partial charge in [0.1, 0.15) is 12.4 Å². The smallest absolute Gasteiger partial charge is 0.191 e. The van der Waals surface area contributed by atoms with Crippen molar-refractivity contribution in [3.63, 3.8) is 0 Å². The molecule has 7 nitrogen and oxygen atoms in total. The van der Waals surface area contributed by atoms with Gasteiger partial charge < -0.3 is 24.5 Å². The molecule has 1 aliphatic heterocycles. The minimum absolute atomic E-state index is 0.246. The Balaban J connectivity index is 1.52. The largest absolute Gasteiger partial charge is 0.467 e. The van der Waals surface area contributed by atoms with Crippen molar-refractivity contribution in [2.75, 3.05) is 52.5 Å². The highest BCUT2D eigenvalue weighted by Gasteiger charge is 2.22. The van der Waals surface area contributed by atoms with Gasteiger partial charge in [0, 0.05) is 32.8 Å². The monoisotopic (exact) mass is 428 g/mol. The maximum atomic E-state index is 5.65. The first-order chi connectivity index (χ1) is 15.3. The number of nitrogens with zero attached hydrogens (tertiary/aromatic N) is 2. The molecular formula is C24H36N4O3. The Morgan fingerprint density at radius 3 is 2.81 bits per heavy atom. The normalized spacial score (nSPS) is 16.3. The minimum Gasteiger partial charge on any atom is -0.467 e. The highest BCUT2D eigenvalue weighted by Crippen LogP contribution is 2.23. The van der Waals surface area contributed by atoms with Crippen molar-refractivity contribution < 1.29 is 13.9 Å². The Bertz CT molecular complexity index is 773. The zero-order chi connectivity index (χ0) is 21.7. The predicted molar refractivity (Wildman–Crippen MR) is 123 cm³/mol. The molecule has 2 N–H and O–H groups in total. The molecule has 1 aliphatic rings. The highest BCUT2D eigenvalue weighted by atomic mass is 16.5. The van der Waals surface area contributed by atoms with Crippen LogP contribution in [0.5, 0.6) is 0 Å². The van der Waals surface area contributed by atoms with Crippen molar-refractivity contribution in [3.05, 3.63) is 59.5 Å². The molecule has 1 aromatic carbocycles. The van der Waals surface area contributed by atoms with Gasteiger partial charge in [0.25, 0.3) is 0 Å². The zero-order valence-corrected chi connectivity index (χ0v) is 18.8. The van der Waals surface area contributed by atoms with Gasteiger partial charge in [0.05, 0.1) is 32.1 Å². The number of ether oxygens (including phenoxy) is 2. The maximum absolute atomic E-state index is 5.65. The summed E-state index contributed by atoms with van der Waals surface area (Å²) in [5.74, 6) is 1.70. The van der Waals surface area contributed by atoms with Gasteiger partial charge >= 0.3 is 0 Å². The molecule has 1 atom stereocenters. The van der Waals surface area contributed by atoms with Crippen molar-refractivity contribution in [1.82, 2.24) is 15.5 Å². The number of aliphatic imine (C=N–C) groups is 1. The molecule has 7 heteroatoms. The molecule has 1 unspecified atom stereocenters. The minimum atomic E-state index is 0.246. The number of rotatable bonds is 11. The number of morpholine rings is 1. The van der Waals surface area contributed by atoms with Crippen LogP contribution in [0, 0.1) is 6.92 Å². The van der Waals surface area contributed by atoms with Gasteiger partial charge in [0.15, 0.2) is 5.96 Å². The van der Waals surface area contributed by atoms with E-state index < -0.39 is 0 Å². The molecule has 31 heavy (non-hydrogen) atoms. The molecular weight excluding hydrogens is 392 g/mol. The van der Waals surface area contributed by atoms with E-state index in [1.54, 1.807) is 6.26 Å². The third kappa shape index (κ3) is 8.01. The third-order valence-corrected chi connectivity index (χ3v) is 5.26. The first kappa shape index (κ1) is 23.3. The van der Waals surface area contributed by atoms with E-state index in [0.717, 1.165) is 57.5 Å². The third-order valence-electron chi connectivity index (χ3n) is 5.26. The molecule has 0 radical (unpaired) electrons. The summed E-state index contributed by atoms with van der Waals surface area (Å²) in [7, 11) is 0. The summed E-state index contributed by atoms with van der Waals surface area (Å²) in [4.78, 5) is 7.39. The van der Waals surface area contributed by atoms with Crippen LogP contribution in [0.4, 0.5) is 0 Å². The Morgan fingerprint density at radius 1 is 1.19 bits per heavy atom. The average molecular weight is 429 g/mol. The molecule has 2 heterocycles. The van der Waals surface area contributed by atoms with Crippen molar-refractivity contribution in [2.24, 2.45) is 4.99 Å². The number of aryl methyl sites for hydroxylation is 1. The van der Waals surface area contributed by atoms with E-state index in [4.69, 9.17) is 18.9 Å². The lowest BCUT2D eigenvalue weighted by atomic mass is 10.0. The van der Waals surface area contributed by atoms with E-state index in [2.05, 4.69) is 53.6 Å². The van der Waals surface area contributed by atoms with Crippen LogP contribution in [-0.4, -0.2) is 63.4 Å². The van der Waals surface area contributed by atoms with Crippen molar-refractivity contribution >= 4 is 5.96 Å². The number of hydrogen-bond donors (Lipinski definition) is 2. The van der Waals surface area contributed by atoms with Crippen LogP contribution < -0.4 is 10.6 Å². The van der Waals surface area contributed by atoms with Crippen LogP contribution in [0.1, 0.15) is 36.3 Å². The van der Waals surface area contributed by atoms with Crippen molar-refractivity contribution in [1.29, 1.82) is 0 Å². The second-order valence-electron chi connectivity index (χ2n) is 7.71. The lowest BCUT2D eigenvalue weighted by molar-refractivity contribution is 0.0179. The molecule has 0 aliphatic carbocycles. The first-order valence-electron chi connectivity index (χ1n) is 11.3. The quantitative estimate of drug-likeness (QED) is 0.326. The standard InChI is InChI=1S/C24H36N4O3/c1-3-25-24(26-10-6-13-30-19-22-9-5-14-31-22)27-18-23(28-11-15-29-16-12-28)21-8-4-7-20(2)17-21/h4-5,7-9,14,17,23H,3,6,10-13,15-16,18-19H2,1-2H3,(H2,25,26,27). The molecule has 0 amide bonds. The fourth-order valence-corrected chi connectivity index (χ4v) is 3.67. The molecule has 1 saturated heterocycles. The first-order valence-corrected chi connectivity index (χ1v) is 11.3. The van der Waals surface area contributed by atoms with Gasteiger partial charge in [-0.3, -0.25) is 9.89 Å². The van der Waals surface area contributed by atoms with E-state index in [1.165, 1.54) is 11.1 Å². The van der Waals surface area contributed by atoms with Crippen LogP contribution in [-0.2, 0) is 16.1 Å². The van der Waals surface area contributed by atoms with Gasteiger partial charge in [0.2, 0.25) is 0 Å². The molecule has 0 saturated carbocycles. The van der Waals surface area contributed by atoms with Crippen LogP contribution in [0.3, 0.4) is 0 Å². The van der Waals surface area contributed by atoms with Crippen molar-refractivity contribution in [3.8, 4) is 0 Å². The summed E-state index contributed by atoms with van der Waals surface area (Å²) in [5, 5.41) is 6.78. The molecule has 2 aromatic rings. The van der Waals surface area contributed by atoms with Crippen LogP contribution >= 0.6 is 0 Å². The number of nitrogens with one attached hydrogen (secondary N) is 2. The molecule has 170 valence electrons. The Kier molecular flexibility index (Phi) is 9.89. The molecule has 1 fully saturated rings. The molecule has 1 aromatic heterocycles. The topological polar surface area (TPSA) is 71.3 Å². The number of furan rings is 1. The molecule has 3 rings (SSSR count). The fraction of sp³-hybridized carbons (Fsp3) is 0.542. The summed E-state index contributed by atoms with van der Waals surface area (Å²) >= 11 is 0. The lowest BCUT2D eigenvalue weighted by Gasteiger charge is -2.34. The van der Waals surface area contributed by atoms with Crippen LogP contribution in [0.25, 0.3) is 0 Å². The molecule has 0 bridgehead atoms. The highest BCUT2D eigenvalue weighted by molar-refractivity contribution is 5.79. The lowest BCUT2D eigenvalue weighted by Crippen LogP contribution is -2.42. The van der Waals surface area contributed by atoms with Gasteiger partial charge in [-0.1, -0.05) is 29.8 Å². The van der Waals surface area contributed by atoms with E-state index in [1.807, 2.05) is 12.1 Å². The van der Waals surface area contributed by atoms with E-state index in [0.29, 0.717) is 19.8 Å². The van der Waals surface area contributed by atoms with Crippen molar-refractivity contribution in [2.45, 2.75) is 32.9 Å². The summed E-state index contributed by atoms with van der Waals surface area (Å²) in [6.07, 6.45) is 2.57. The number of guanidine groups is 1. The predicted octanol–water partition coefficient (Wildman–Crippen LogP) is 3.12. The second-order valence-corrected chi connectivity index (χ2v) is 7.71. The Labute approximate surface area is 185 Å². The van der Waals surface area contributed by atoms with E-state index in [9.17, 15) is 0 Å². The second kappa shape index (κ2) is 13.1. The summed E-state index contributed by atoms with van der Waals surface area (Å²) < 4.78 is 16.5. The average Bonchev–Trinajstić information content (AvgIpc) is 3.30. The van der Waals surface area contributed by atoms with Gasteiger partial charge in [-0.2, -0.15) is 0 Å². The van der Waals surface area contributed by atoms with Gasteiger partial charge in [-0.15, -0.1) is 0 Å². The SMILES string of the molecule is CCNC(=NCC(c1cccc(C)c1)N1CCOCC1)NCCCOCc1ccco1. The van der Waals surface area contributed by atoms with Crippen LogP contribution in [0.15, 0.2) is 52.1 Å². The Morgan fingerprint density at radius 2 is 2.06 bits per heavy atom. The van der Waals surface area contributed by atoms with E-state index in [-0.39, 0.29) is 6.04 Å². The summed E-state index contributed by atoms with van der Waals surface area (Å²) in [6, 6.07) is 12.8. The van der Waals surface area contributed by atoms with Gasteiger partial charge in [-0.25, -0.2) is 0 Å². The summed E-state index contributed by atoms with van der Waals surface area (Å²) in [6.45, 7) is 11.2. The van der Waals surface area contributed by atoms with Gasteiger partial charge in [-0.05, 0) is 38.0 Å². The van der Waals surface area contributed by atoms with Crippen LogP contribution in [0.2, 0.25) is 0 Å². The zero-order valence-electron chi connectivity index (χ0n) is 18.8. The number of benzene rings is 1.